The Hall–Kier alpha value is -1.06. The van der Waals surface area contributed by atoms with E-state index in [0.717, 1.165) is 32.4 Å². The van der Waals surface area contributed by atoms with Crippen molar-refractivity contribution in [3.63, 3.8) is 0 Å². The van der Waals surface area contributed by atoms with Crippen molar-refractivity contribution in [1.29, 1.82) is 0 Å². The number of piperidine rings is 1. The lowest BCUT2D eigenvalue weighted by molar-refractivity contribution is 0.170. The molecule has 0 bridgehead atoms. The quantitative estimate of drug-likeness (QED) is 0.834. The van der Waals surface area contributed by atoms with Crippen molar-refractivity contribution in [1.82, 2.24) is 0 Å². The lowest BCUT2D eigenvalue weighted by Gasteiger charge is -2.39. The molecule has 3 N–H and O–H groups in total. The number of aliphatic hydroxyl groups excluding tert-OH is 1. The standard InChI is InChI=1S/C14H22N2O/c1-2-12-5-3-4-6-13(12)16-9-7-14(15,11-17)8-10-16/h3-6,17H,2,7-11,15H2,1H3. The molecule has 0 aliphatic carbocycles. The molecule has 1 aliphatic rings. The van der Waals surface area contributed by atoms with Crippen LogP contribution >= 0.6 is 0 Å². The first-order chi connectivity index (χ1) is 8.18. The van der Waals surface area contributed by atoms with Crippen LogP contribution in [-0.2, 0) is 6.42 Å². The molecular weight excluding hydrogens is 212 g/mol. The predicted octanol–water partition coefficient (Wildman–Crippen LogP) is 1.54. The monoisotopic (exact) mass is 234 g/mol. The van der Waals surface area contributed by atoms with E-state index in [2.05, 4.69) is 36.1 Å². The summed E-state index contributed by atoms with van der Waals surface area (Å²) >= 11 is 0. The maximum absolute atomic E-state index is 9.26. The zero-order chi connectivity index (χ0) is 12.3. The predicted molar refractivity (Wildman–Crippen MR) is 71.3 cm³/mol. The average molecular weight is 234 g/mol. The SMILES string of the molecule is CCc1ccccc1N1CCC(N)(CO)CC1. The van der Waals surface area contributed by atoms with Gasteiger partial charge in [-0.3, -0.25) is 0 Å². The van der Waals surface area contributed by atoms with Gasteiger partial charge in [-0.05, 0) is 30.9 Å². The van der Waals surface area contributed by atoms with E-state index in [0.29, 0.717) is 0 Å². The van der Waals surface area contributed by atoms with Crippen molar-refractivity contribution in [3.05, 3.63) is 29.8 Å². The molecule has 0 unspecified atom stereocenters. The van der Waals surface area contributed by atoms with E-state index in [1.165, 1.54) is 11.3 Å². The molecule has 1 aromatic carbocycles. The second-order valence-corrected chi connectivity index (χ2v) is 4.99. The molecule has 0 spiro atoms. The van der Waals surface area contributed by atoms with Gasteiger partial charge in [0.25, 0.3) is 0 Å². The van der Waals surface area contributed by atoms with E-state index in [1.54, 1.807) is 0 Å². The fourth-order valence-electron chi connectivity index (χ4n) is 2.47. The Morgan fingerprint density at radius 1 is 1.29 bits per heavy atom. The number of benzene rings is 1. The molecule has 1 fully saturated rings. The van der Waals surface area contributed by atoms with Crippen LogP contribution in [0.5, 0.6) is 0 Å². The number of aryl methyl sites for hydroxylation is 1. The second-order valence-electron chi connectivity index (χ2n) is 4.99. The molecule has 1 heterocycles. The number of rotatable bonds is 3. The molecule has 0 aromatic heterocycles. The zero-order valence-electron chi connectivity index (χ0n) is 10.5. The Balaban J connectivity index is 2.10. The summed E-state index contributed by atoms with van der Waals surface area (Å²) in [6, 6.07) is 8.55. The van der Waals surface area contributed by atoms with E-state index in [-0.39, 0.29) is 12.1 Å². The highest BCUT2D eigenvalue weighted by molar-refractivity contribution is 5.54. The van der Waals surface area contributed by atoms with Gasteiger partial charge >= 0.3 is 0 Å². The molecular formula is C14H22N2O. The van der Waals surface area contributed by atoms with Crippen molar-refractivity contribution in [2.24, 2.45) is 5.73 Å². The van der Waals surface area contributed by atoms with Crippen LogP contribution < -0.4 is 10.6 Å². The van der Waals surface area contributed by atoms with Crippen LogP contribution in [0.2, 0.25) is 0 Å². The van der Waals surface area contributed by atoms with Gasteiger partial charge in [-0.25, -0.2) is 0 Å². The summed E-state index contributed by atoms with van der Waals surface area (Å²) in [7, 11) is 0. The highest BCUT2D eigenvalue weighted by Gasteiger charge is 2.30. The van der Waals surface area contributed by atoms with Crippen LogP contribution in [0.3, 0.4) is 0 Å². The molecule has 0 atom stereocenters. The Morgan fingerprint density at radius 2 is 1.94 bits per heavy atom. The summed E-state index contributed by atoms with van der Waals surface area (Å²) in [5.41, 5.74) is 8.45. The third kappa shape index (κ3) is 2.61. The van der Waals surface area contributed by atoms with Crippen LogP contribution in [0.4, 0.5) is 5.69 Å². The lowest BCUT2D eigenvalue weighted by Crippen LogP contribution is -2.53. The minimum Gasteiger partial charge on any atom is -0.394 e. The summed E-state index contributed by atoms with van der Waals surface area (Å²) in [5, 5.41) is 9.26. The van der Waals surface area contributed by atoms with Crippen LogP contribution in [0, 0.1) is 0 Å². The van der Waals surface area contributed by atoms with Gasteiger partial charge in [0, 0.05) is 24.3 Å². The van der Waals surface area contributed by atoms with Crippen LogP contribution in [0.1, 0.15) is 25.3 Å². The fraction of sp³-hybridized carbons (Fsp3) is 0.571. The van der Waals surface area contributed by atoms with Gasteiger partial charge < -0.3 is 15.7 Å². The largest absolute Gasteiger partial charge is 0.394 e. The molecule has 17 heavy (non-hydrogen) atoms. The van der Waals surface area contributed by atoms with Gasteiger partial charge in [0.1, 0.15) is 0 Å². The summed E-state index contributed by atoms with van der Waals surface area (Å²) in [4.78, 5) is 2.39. The van der Waals surface area contributed by atoms with Crippen LogP contribution in [0.15, 0.2) is 24.3 Å². The molecule has 3 heteroatoms. The maximum Gasteiger partial charge on any atom is 0.0612 e. The van der Waals surface area contributed by atoms with E-state index in [1.807, 2.05) is 0 Å². The van der Waals surface area contributed by atoms with Crippen molar-refractivity contribution >= 4 is 5.69 Å². The molecule has 1 saturated heterocycles. The van der Waals surface area contributed by atoms with Gasteiger partial charge in [0.2, 0.25) is 0 Å². The molecule has 0 radical (unpaired) electrons. The molecule has 3 nitrogen and oxygen atoms in total. The molecule has 94 valence electrons. The fourth-order valence-corrected chi connectivity index (χ4v) is 2.47. The van der Waals surface area contributed by atoms with Gasteiger partial charge in [-0.15, -0.1) is 0 Å². The average Bonchev–Trinajstić information content (AvgIpc) is 2.40. The summed E-state index contributed by atoms with van der Waals surface area (Å²) in [6.45, 7) is 4.15. The second kappa shape index (κ2) is 5.07. The summed E-state index contributed by atoms with van der Waals surface area (Å²) in [6.07, 6.45) is 2.78. The first-order valence-corrected chi connectivity index (χ1v) is 6.41. The zero-order valence-corrected chi connectivity index (χ0v) is 10.5. The third-order valence-electron chi connectivity index (χ3n) is 3.79. The number of nitrogens with zero attached hydrogens (tertiary/aromatic N) is 1. The van der Waals surface area contributed by atoms with Crippen LogP contribution in [-0.4, -0.2) is 30.3 Å². The number of aliphatic hydroxyl groups is 1. The minimum atomic E-state index is -0.363. The molecule has 0 saturated carbocycles. The van der Waals surface area contributed by atoms with Crippen LogP contribution in [0.25, 0.3) is 0 Å². The van der Waals surface area contributed by atoms with Gasteiger partial charge in [-0.2, -0.15) is 0 Å². The molecule has 0 amide bonds. The van der Waals surface area contributed by atoms with Crippen molar-refractivity contribution < 1.29 is 5.11 Å². The number of hydrogen-bond acceptors (Lipinski definition) is 3. The highest BCUT2D eigenvalue weighted by Crippen LogP contribution is 2.27. The first kappa shape index (κ1) is 12.4. The number of anilines is 1. The summed E-state index contributed by atoms with van der Waals surface area (Å²) in [5.74, 6) is 0. The number of para-hydroxylation sites is 1. The van der Waals surface area contributed by atoms with Gasteiger partial charge in [0.15, 0.2) is 0 Å². The van der Waals surface area contributed by atoms with Crippen molar-refractivity contribution in [2.75, 3.05) is 24.6 Å². The van der Waals surface area contributed by atoms with E-state index >= 15 is 0 Å². The van der Waals surface area contributed by atoms with Gasteiger partial charge in [-0.1, -0.05) is 25.1 Å². The smallest absolute Gasteiger partial charge is 0.0612 e. The van der Waals surface area contributed by atoms with Crippen molar-refractivity contribution in [2.45, 2.75) is 31.7 Å². The molecule has 1 aromatic rings. The first-order valence-electron chi connectivity index (χ1n) is 6.41. The highest BCUT2D eigenvalue weighted by atomic mass is 16.3. The minimum absolute atomic E-state index is 0.0935. The van der Waals surface area contributed by atoms with Crippen molar-refractivity contribution in [3.8, 4) is 0 Å². The Bertz CT molecular complexity index is 370. The number of hydrogen-bond donors (Lipinski definition) is 2. The molecule has 2 rings (SSSR count). The Kier molecular flexibility index (Phi) is 3.69. The third-order valence-corrected chi connectivity index (χ3v) is 3.79. The Labute approximate surface area is 103 Å². The van der Waals surface area contributed by atoms with E-state index < -0.39 is 0 Å². The van der Waals surface area contributed by atoms with E-state index in [4.69, 9.17) is 5.73 Å². The normalized spacial score (nSPS) is 19.4. The number of nitrogens with two attached hydrogens (primary N) is 1. The summed E-state index contributed by atoms with van der Waals surface area (Å²) < 4.78 is 0. The van der Waals surface area contributed by atoms with E-state index in [9.17, 15) is 5.11 Å². The topological polar surface area (TPSA) is 49.5 Å². The Morgan fingerprint density at radius 3 is 2.53 bits per heavy atom. The molecule has 1 aliphatic heterocycles. The lowest BCUT2D eigenvalue weighted by atomic mass is 9.89. The maximum atomic E-state index is 9.26. The van der Waals surface area contributed by atoms with Gasteiger partial charge in [0.05, 0.1) is 6.61 Å².